The maximum atomic E-state index is 13.1. The number of aryl methyl sites for hydroxylation is 1. The van der Waals surface area contributed by atoms with Crippen molar-refractivity contribution in [3.63, 3.8) is 0 Å². The van der Waals surface area contributed by atoms with E-state index in [9.17, 15) is 13.2 Å². The van der Waals surface area contributed by atoms with Crippen molar-refractivity contribution in [2.45, 2.75) is 17.2 Å². The summed E-state index contributed by atoms with van der Waals surface area (Å²) in [5, 5.41) is -1.01. The molecule has 1 heterocycles. The van der Waals surface area contributed by atoms with Gasteiger partial charge in [-0.1, -0.05) is 42.0 Å². The standard InChI is InChI=1S/C18H17NO3S/c1-3-12-19-17(20)15-6-4-5-7-16(15)18(19)23(21,22)14-10-8-13(2)9-11-14/h3-11,18H,1,12H2,2H3. The first-order valence-electron chi connectivity index (χ1n) is 7.28. The number of nitrogens with zero attached hydrogens (tertiary/aromatic N) is 1. The van der Waals surface area contributed by atoms with E-state index in [-0.39, 0.29) is 17.3 Å². The Morgan fingerprint density at radius 3 is 2.43 bits per heavy atom. The van der Waals surface area contributed by atoms with Gasteiger partial charge in [-0.2, -0.15) is 0 Å². The Bertz CT molecular complexity index is 869. The molecule has 1 aliphatic heterocycles. The highest BCUT2D eigenvalue weighted by Gasteiger charge is 2.44. The van der Waals surface area contributed by atoms with Gasteiger partial charge < -0.3 is 4.90 Å². The molecule has 1 amide bonds. The van der Waals surface area contributed by atoms with Crippen LogP contribution in [0.1, 0.15) is 26.9 Å². The Morgan fingerprint density at radius 2 is 1.78 bits per heavy atom. The number of sulfone groups is 1. The number of benzene rings is 2. The summed E-state index contributed by atoms with van der Waals surface area (Å²) in [5.74, 6) is -0.277. The van der Waals surface area contributed by atoms with Crippen LogP contribution in [-0.2, 0) is 9.84 Å². The lowest BCUT2D eigenvalue weighted by atomic mass is 10.1. The average Bonchev–Trinajstić information content (AvgIpc) is 2.82. The highest BCUT2D eigenvalue weighted by Crippen LogP contribution is 2.40. The molecule has 1 atom stereocenters. The van der Waals surface area contributed by atoms with Gasteiger partial charge in [0, 0.05) is 17.7 Å². The minimum absolute atomic E-state index is 0.184. The molecule has 0 aromatic heterocycles. The Morgan fingerprint density at radius 1 is 1.13 bits per heavy atom. The monoisotopic (exact) mass is 327 g/mol. The molecule has 118 valence electrons. The van der Waals surface area contributed by atoms with Crippen LogP contribution in [0.5, 0.6) is 0 Å². The summed E-state index contributed by atoms with van der Waals surface area (Å²) in [6.45, 7) is 5.71. The van der Waals surface area contributed by atoms with Crippen LogP contribution < -0.4 is 0 Å². The fraction of sp³-hybridized carbons (Fsp3) is 0.167. The van der Waals surface area contributed by atoms with Crippen LogP contribution in [0, 0.1) is 6.92 Å². The molecule has 5 heteroatoms. The third kappa shape index (κ3) is 2.47. The van der Waals surface area contributed by atoms with Crippen molar-refractivity contribution in [3.05, 3.63) is 77.9 Å². The molecule has 0 saturated carbocycles. The van der Waals surface area contributed by atoms with E-state index >= 15 is 0 Å². The van der Waals surface area contributed by atoms with Gasteiger partial charge in [0.1, 0.15) is 0 Å². The summed E-state index contributed by atoms with van der Waals surface area (Å²) >= 11 is 0. The molecule has 0 saturated heterocycles. The van der Waals surface area contributed by atoms with Gasteiger partial charge in [0.2, 0.25) is 9.84 Å². The van der Waals surface area contributed by atoms with Crippen molar-refractivity contribution in [3.8, 4) is 0 Å². The maximum absolute atomic E-state index is 13.1. The van der Waals surface area contributed by atoms with Gasteiger partial charge in [-0.3, -0.25) is 4.79 Å². The summed E-state index contributed by atoms with van der Waals surface area (Å²) < 4.78 is 26.2. The van der Waals surface area contributed by atoms with E-state index in [4.69, 9.17) is 0 Å². The van der Waals surface area contributed by atoms with E-state index in [0.29, 0.717) is 11.1 Å². The molecule has 3 rings (SSSR count). The van der Waals surface area contributed by atoms with Gasteiger partial charge in [0.15, 0.2) is 5.37 Å². The van der Waals surface area contributed by atoms with Crippen molar-refractivity contribution in [1.82, 2.24) is 4.90 Å². The van der Waals surface area contributed by atoms with Gasteiger partial charge in [-0.25, -0.2) is 8.42 Å². The molecule has 23 heavy (non-hydrogen) atoms. The zero-order valence-corrected chi connectivity index (χ0v) is 13.6. The predicted molar refractivity (Wildman–Crippen MR) is 88.8 cm³/mol. The molecule has 0 N–H and O–H groups in total. The second kappa shape index (κ2) is 5.66. The molecular formula is C18H17NO3S. The lowest BCUT2D eigenvalue weighted by Gasteiger charge is -2.24. The molecule has 0 fully saturated rings. The number of rotatable bonds is 4. The van der Waals surface area contributed by atoms with Crippen LogP contribution in [0.2, 0.25) is 0 Å². The number of carbonyl (C=O) groups is 1. The van der Waals surface area contributed by atoms with Crippen LogP contribution >= 0.6 is 0 Å². The smallest absolute Gasteiger partial charge is 0.255 e. The molecule has 0 radical (unpaired) electrons. The Kier molecular flexibility index (Phi) is 3.82. The van der Waals surface area contributed by atoms with Gasteiger partial charge in [0.25, 0.3) is 5.91 Å². The number of fused-ring (bicyclic) bond motifs is 1. The molecule has 0 bridgehead atoms. The Balaban J connectivity index is 2.17. The summed E-state index contributed by atoms with van der Waals surface area (Å²) in [7, 11) is -3.72. The first kappa shape index (κ1) is 15.5. The van der Waals surface area contributed by atoms with E-state index in [2.05, 4.69) is 6.58 Å². The Hall–Kier alpha value is -2.40. The quantitative estimate of drug-likeness (QED) is 0.811. The minimum atomic E-state index is -3.72. The first-order valence-corrected chi connectivity index (χ1v) is 8.83. The normalized spacial score (nSPS) is 17.2. The SMILES string of the molecule is C=CCN1C(=O)c2ccccc2C1S(=O)(=O)c1ccc(C)cc1. The zero-order chi connectivity index (χ0) is 16.6. The fourth-order valence-electron chi connectivity index (χ4n) is 2.85. The lowest BCUT2D eigenvalue weighted by molar-refractivity contribution is 0.0787. The maximum Gasteiger partial charge on any atom is 0.255 e. The topological polar surface area (TPSA) is 54.5 Å². The van der Waals surface area contributed by atoms with Crippen molar-refractivity contribution < 1.29 is 13.2 Å². The van der Waals surface area contributed by atoms with Crippen molar-refractivity contribution in [2.75, 3.05) is 6.54 Å². The van der Waals surface area contributed by atoms with Crippen LogP contribution in [0.4, 0.5) is 0 Å². The van der Waals surface area contributed by atoms with Crippen LogP contribution in [-0.4, -0.2) is 25.8 Å². The number of amides is 1. The molecule has 1 unspecified atom stereocenters. The third-order valence-corrected chi connectivity index (χ3v) is 6.00. The van der Waals surface area contributed by atoms with Gasteiger partial charge in [-0.15, -0.1) is 6.58 Å². The van der Waals surface area contributed by atoms with E-state index in [0.717, 1.165) is 5.56 Å². The van der Waals surface area contributed by atoms with Crippen LogP contribution in [0.15, 0.2) is 66.1 Å². The highest BCUT2D eigenvalue weighted by molar-refractivity contribution is 7.91. The highest BCUT2D eigenvalue weighted by atomic mass is 32.2. The predicted octanol–water partition coefficient (Wildman–Crippen LogP) is 3.11. The fourth-order valence-corrected chi connectivity index (χ4v) is 4.68. The molecule has 4 nitrogen and oxygen atoms in total. The first-order chi connectivity index (χ1) is 11.0. The summed E-state index contributed by atoms with van der Waals surface area (Å²) in [6, 6.07) is 13.5. The number of hydrogen-bond donors (Lipinski definition) is 0. The van der Waals surface area contributed by atoms with E-state index < -0.39 is 15.2 Å². The van der Waals surface area contributed by atoms with E-state index in [1.165, 1.54) is 4.90 Å². The molecular weight excluding hydrogens is 310 g/mol. The van der Waals surface area contributed by atoms with Gasteiger partial charge >= 0.3 is 0 Å². The summed E-state index contributed by atoms with van der Waals surface area (Å²) in [4.78, 5) is 14.1. The summed E-state index contributed by atoms with van der Waals surface area (Å²) in [6.07, 6.45) is 1.54. The number of carbonyl (C=O) groups excluding carboxylic acids is 1. The van der Waals surface area contributed by atoms with Crippen molar-refractivity contribution in [2.24, 2.45) is 0 Å². The summed E-state index contributed by atoms with van der Waals surface area (Å²) in [5.41, 5.74) is 1.95. The molecule has 0 aliphatic carbocycles. The third-order valence-electron chi connectivity index (χ3n) is 3.97. The van der Waals surface area contributed by atoms with Crippen LogP contribution in [0.3, 0.4) is 0 Å². The Labute approximate surface area is 136 Å². The second-order valence-corrected chi connectivity index (χ2v) is 7.55. The number of hydrogen-bond acceptors (Lipinski definition) is 3. The van der Waals surface area contributed by atoms with E-state index in [1.54, 1.807) is 54.6 Å². The van der Waals surface area contributed by atoms with Gasteiger partial charge in [-0.05, 0) is 25.1 Å². The second-order valence-electron chi connectivity index (χ2n) is 5.54. The molecule has 2 aromatic carbocycles. The average molecular weight is 327 g/mol. The molecule has 2 aromatic rings. The lowest BCUT2D eigenvalue weighted by Crippen LogP contribution is -2.32. The zero-order valence-electron chi connectivity index (χ0n) is 12.8. The molecule has 0 spiro atoms. The van der Waals surface area contributed by atoms with Gasteiger partial charge in [0.05, 0.1) is 4.90 Å². The minimum Gasteiger partial charge on any atom is -0.314 e. The molecule has 1 aliphatic rings. The largest absolute Gasteiger partial charge is 0.314 e. The van der Waals surface area contributed by atoms with Crippen molar-refractivity contribution in [1.29, 1.82) is 0 Å². The van der Waals surface area contributed by atoms with Crippen LogP contribution in [0.25, 0.3) is 0 Å². The van der Waals surface area contributed by atoms with Crippen molar-refractivity contribution >= 4 is 15.7 Å². The van der Waals surface area contributed by atoms with E-state index in [1.807, 2.05) is 6.92 Å².